The number of carboxylic acid groups (broad SMARTS) is 1. The third kappa shape index (κ3) is 4.31. The van der Waals surface area contributed by atoms with Gasteiger partial charge in [-0.1, -0.05) is 23.7 Å². The number of ether oxygens (including phenoxy) is 2. The number of fused-ring (bicyclic) bond motifs is 1. The number of carbonyl (C=O) groups is 1. The van der Waals surface area contributed by atoms with Crippen LogP contribution in [0.5, 0.6) is 6.01 Å². The van der Waals surface area contributed by atoms with Gasteiger partial charge in [0.1, 0.15) is 6.10 Å². The van der Waals surface area contributed by atoms with Crippen molar-refractivity contribution in [2.75, 3.05) is 31.2 Å². The van der Waals surface area contributed by atoms with Crippen LogP contribution in [0.3, 0.4) is 0 Å². The number of morpholine rings is 1. The average molecular weight is 443 g/mol. The zero-order valence-electron chi connectivity index (χ0n) is 16.9. The second-order valence-corrected chi connectivity index (χ2v) is 8.46. The van der Waals surface area contributed by atoms with E-state index in [9.17, 15) is 4.79 Å². The van der Waals surface area contributed by atoms with E-state index < -0.39 is 5.97 Å². The fourth-order valence-corrected chi connectivity index (χ4v) is 4.41. The van der Waals surface area contributed by atoms with Crippen LogP contribution >= 0.6 is 11.6 Å². The lowest BCUT2D eigenvalue weighted by atomic mass is 9.80. The van der Waals surface area contributed by atoms with Gasteiger partial charge in [-0.25, -0.2) is 4.98 Å². The standard InChI is InChI=1S/C22H23ClN4O4/c23-17-12-18-21(26-22(24-18)31-16-9-13(10-16)11-19(28)29)25-20(17)14-1-3-15(4-2-14)27-5-7-30-8-6-27/h1-4,12-13,16H,5-11H2,(H,28,29)(H,24,25,26)/t13-,16+. The summed E-state index contributed by atoms with van der Waals surface area (Å²) in [6.07, 6.45) is 1.61. The Kier molecular flexibility index (Phi) is 5.41. The molecule has 1 saturated carbocycles. The summed E-state index contributed by atoms with van der Waals surface area (Å²) in [5.74, 6) is -0.594. The van der Waals surface area contributed by atoms with Crippen molar-refractivity contribution in [3.8, 4) is 17.3 Å². The van der Waals surface area contributed by atoms with Gasteiger partial charge in [0, 0.05) is 30.8 Å². The van der Waals surface area contributed by atoms with Crippen molar-refractivity contribution in [3.05, 3.63) is 35.4 Å². The first-order chi connectivity index (χ1) is 15.0. The number of nitrogens with one attached hydrogen (secondary N) is 1. The number of hydrogen-bond acceptors (Lipinski definition) is 6. The summed E-state index contributed by atoms with van der Waals surface area (Å²) in [7, 11) is 0. The van der Waals surface area contributed by atoms with Crippen molar-refractivity contribution in [2.24, 2.45) is 5.92 Å². The number of hydrogen-bond donors (Lipinski definition) is 2. The number of aliphatic carboxylic acids is 1. The molecule has 9 heteroatoms. The number of carboxylic acids is 1. The number of imidazole rings is 1. The molecule has 1 aromatic carbocycles. The first-order valence-corrected chi connectivity index (χ1v) is 10.8. The molecule has 0 bridgehead atoms. The van der Waals surface area contributed by atoms with E-state index in [0.717, 1.165) is 50.4 Å². The summed E-state index contributed by atoms with van der Waals surface area (Å²) in [6.45, 7) is 3.27. The van der Waals surface area contributed by atoms with Crippen LogP contribution in [0.15, 0.2) is 30.3 Å². The van der Waals surface area contributed by atoms with Crippen LogP contribution in [0.25, 0.3) is 22.4 Å². The molecule has 3 heterocycles. The van der Waals surface area contributed by atoms with E-state index in [1.54, 1.807) is 0 Å². The number of aromatic nitrogens is 3. The molecular formula is C22H23ClN4O4. The maximum atomic E-state index is 10.8. The van der Waals surface area contributed by atoms with Crippen LogP contribution in [-0.2, 0) is 9.53 Å². The van der Waals surface area contributed by atoms with E-state index in [0.29, 0.717) is 27.9 Å². The topological polar surface area (TPSA) is 101 Å². The van der Waals surface area contributed by atoms with Gasteiger partial charge in [-0.2, -0.15) is 4.98 Å². The maximum Gasteiger partial charge on any atom is 0.303 e. The molecule has 0 amide bonds. The van der Waals surface area contributed by atoms with Crippen molar-refractivity contribution in [1.82, 2.24) is 15.0 Å². The lowest BCUT2D eigenvalue weighted by molar-refractivity contribution is -0.139. The molecule has 1 aliphatic heterocycles. The number of rotatable bonds is 6. The molecule has 2 N–H and O–H groups in total. The molecule has 2 fully saturated rings. The molecule has 2 aromatic heterocycles. The van der Waals surface area contributed by atoms with Crippen LogP contribution in [0.1, 0.15) is 19.3 Å². The highest BCUT2D eigenvalue weighted by Crippen LogP contribution is 2.34. The van der Waals surface area contributed by atoms with Gasteiger partial charge < -0.3 is 24.5 Å². The number of benzene rings is 1. The third-order valence-electron chi connectivity index (χ3n) is 5.86. The first kappa shape index (κ1) is 20.1. The lowest BCUT2D eigenvalue weighted by Crippen LogP contribution is -2.36. The number of aromatic amines is 1. The van der Waals surface area contributed by atoms with Gasteiger partial charge in [0.15, 0.2) is 5.65 Å². The number of H-pyrrole nitrogens is 1. The molecule has 5 rings (SSSR count). The Morgan fingerprint density at radius 2 is 1.97 bits per heavy atom. The minimum atomic E-state index is -0.767. The summed E-state index contributed by atoms with van der Waals surface area (Å²) >= 11 is 6.51. The summed E-state index contributed by atoms with van der Waals surface area (Å²) in [5.41, 5.74) is 3.99. The zero-order chi connectivity index (χ0) is 21.4. The highest BCUT2D eigenvalue weighted by molar-refractivity contribution is 6.33. The molecule has 1 saturated heterocycles. The largest absolute Gasteiger partial charge is 0.481 e. The highest BCUT2D eigenvalue weighted by Gasteiger charge is 2.33. The molecule has 2 aliphatic rings. The van der Waals surface area contributed by atoms with Crippen LogP contribution < -0.4 is 9.64 Å². The van der Waals surface area contributed by atoms with Crippen molar-refractivity contribution in [1.29, 1.82) is 0 Å². The van der Waals surface area contributed by atoms with Crippen LogP contribution in [-0.4, -0.2) is 58.4 Å². The predicted octanol–water partition coefficient (Wildman–Crippen LogP) is 3.75. The molecular weight excluding hydrogens is 420 g/mol. The fraction of sp³-hybridized carbons (Fsp3) is 0.409. The van der Waals surface area contributed by atoms with E-state index in [4.69, 9.17) is 26.2 Å². The second-order valence-electron chi connectivity index (χ2n) is 8.05. The van der Waals surface area contributed by atoms with Crippen molar-refractivity contribution in [2.45, 2.75) is 25.4 Å². The zero-order valence-corrected chi connectivity index (χ0v) is 17.6. The fourth-order valence-electron chi connectivity index (χ4n) is 4.15. The van der Waals surface area contributed by atoms with Gasteiger partial charge >= 0.3 is 5.97 Å². The van der Waals surface area contributed by atoms with Gasteiger partial charge in [-0.15, -0.1) is 0 Å². The van der Waals surface area contributed by atoms with Gasteiger partial charge in [0.05, 0.1) is 29.4 Å². The third-order valence-corrected chi connectivity index (χ3v) is 6.14. The molecule has 8 nitrogen and oxygen atoms in total. The summed E-state index contributed by atoms with van der Waals surface area (Å²) in [4.78, 5) is 25.3. The molecule has 0 spiro atoms. The Morgan fingerprint density at radius 3 is 2.68 bits per heavy atom. The Morgan fingerprint density at radius 1 is 1.23 bits per heavy atom. The van der Waals surface area contributed by atoms with E-state index in [-0.39, 0.29) is 18.4 Å². The summed E-state index contributed by atoms with van der Waals surface area (Å²) in [5, 5.41) is 9.39. The molecule has 1 aliphatic carbocycles. The first-order valence-electron chi connectivity index (χ1n) is 10.4. The molecule has 0 atom stereocenters. The van der Waals surface area contributed by atoms with Crippen molar-refractivity contribution in [3.63, 3.8) is 0 Å². The van der Waals surface area contributed by atoms with Crippen LogP contribution in [0, 0.1) is 5.92 Å². The van der Waals surface area contributed by atoms with E-state index in [2.05, 4.69) is 32.0 Å². The second kappa shape index (κ2) is 8.36. The van der Waals surface area contributed by atoms with Crippen LogP contribution in [0.4, 0.5) is 5.69 Å². The van der Waals surface area contributed by atoms with Gasteiger partial charge in [-0.05, 0) is 37.0 Å². The molecule has 0 radical (unpaired) electrons. The summed E-state index contributed by atoms with van der Waals surface area (Å²) in [6, 6.07) is 10.4. The average Bonchev–Trinajstić information content (AvgIpc) is 3.13. The maximum absolute atomic E-state index is 10.8. The highest BCUT2D eigenvalue weighted by atomic mass is 35.5. The van der Waals surface area contributed by atoms with E-state index in [1.165, 1.54) is 0 Å². The number of pyridine rings is 1. The Hall–Kier alpha value is -2.84. The Labute approximate surface area is 184 Å². The molecule has 0 unspecified atom stereocenters. The molecule has 3 aromatic rings. The number of anilines is 1. The van der Waals surface area contributed by atoms with Gasteiger partial charge in [0.2, 0.25) is 0 Å². The van der Waals surface area contributed by atoms with E-state index >= 15 is 0 Å². The molecule has 31 heavy (non-hydrogen) atoms. The van der Waals surface area contributed by atoms with Crippen molar-refractivity contribution < 1.29 is 19.4 Å². The quantitative estimate of drug-likeness (QED) is 0.599. The molecule has 162 valence electrons. The summed E-state index contributed by atoms with van der Waals surface area (Å²) < 4.78 is 11.3. The predicted molar refractivity (Wildman–Crippen MR) is 117 cm³/mol. The Balaban J connectivity index is 1.31. The minimum absolute atomic E-state index is 0.0208. The smallest absolute Gasteiger partial charge is 0.303 e. The van der Waals surface area contributed by atoms with Gasteiger partial charge in [-0.3, -0.25) is 4.79 Å². The minimum Gasteiger partial charge on any atom is -0.481 e. The lowest BCUT2D eigenvalue weighted by Gasteiger charge is -2.33. The monoisotopic (exact) mass is 442 g/mol. The van der Waals surface area contributed by atoms with Crippen molar-refractivity contribution >= 4 is 34.4 Å². The van der Waals surface area contributed by atoms with E-state index in [1.807, 2.05) is 18.2 Å². The van der Waals surface area contributed by atoms with Gasteiger partial charge in [0.25, 0.3) is 6.01 Å². The number of nitrogens with zero attached hydrogens (tertiary/aromatic N) is 3. The number of halogens is 1. The normalized spacial score (nSPS) is 21.1. The Bertz CT molecular complexity index is 1090. The SMILES string of the molecule is O=C(O)C[C@H]1C[C@@H](Oc2nc3nc(-c4ccc(N5CCOCC5)cc4)c(Cl)cc3[nH]2)C1. The van der Waals surface area contributed by atoms with Crippen LogP contribution in [0.2, 0.25) is 5.02 Å².